The summed E-state index contributed by atoms with van der Waals surface area (Å²) in [7, 11) is 0. The Kier molecular flexibility index (Phi) is 4.53. The van der Waals surface area contributed by atoms with Crippen molar-refractivity contribution < 1.29 is 9.90 Å². The summed E-state index contributed by atoms with van der Waals surface area (Å²) in [5.74, 6) is -0.696. The summed E-state index contributed by atoms with van der Waals surface area (Å²) in [6.45, 7) is 0. The zero-order chi connectivity index (χ0) is 17.9. The monoisotopic (exact) mass is 364 g/mol. The average Bonchev–Trinajstić information content (AvgIpc) is 2.69. The van der Waals surface area contributed by atoms with Crippen molar-refractivity contribution in [3.63, 3.8) is 0 Å². The summed E-state index contributed by atoms with van der Waals surface area (Å²) in [6.07, 6.45) is 5.76. The fraction of sp³-hybridized carbons (Fsp3) is 0.158. The minimum atomic E-state index is -1.08. The number of carboxylic acid groups (broad SMARTS) is 1. The number of benzene rings is 1. The third-order valence-electron chi connectivity index (χ3n) is 4.15. The first kappa shape index (κ1) is 16.5. The first-order chi connectivity index (χ1) is 12.7. The number of rotatable bonds is 4. The van der Waals surface area contributed by atoms with E-state index in [1.54, 1.807) is 24.2 Å². The number of carbonyl (C=O) groups is 1. The summed E-state index contributed by atoms with van der Waals surface area (Å²) in [5.41, 5.74) is 0.796. The molecule has 0 aliphatic carbocycles. The van der Waals surface area contributed by atoms with Gasteiger partial charge >= 0.3 is 5.97 Å². The van der Waals surface area contributed by atoms with Gasteiger partial charge in [0, 0.05) is 29.9 Å². The third kappa shape index (κ3) is 3.25. The minimum absolute atomic E-state index is 0.00185. The van der Waals surface area contributed by atoms with Crippen LogP contribution in [0.1, 0.15) is 18.2 Å². The molecule has 0 fully saturated rings. The number of hydrogen-bond donors (Lipinski definition) is 1. The molecule has 0 saturated heterocycles. The molecule has 6 nitrogen and oxygen atoms in total. The number of amidine groups is 1. The lowest BCUT2D eigenvalue weighted by Crippen LogP contribution is -2.46. The Hall–Kier alpha value is -2.93. The molecule has 1 aromatic heterocycles. The topological polar surface area (TPSA) is 78.1 Å². The molecule has 0 spiro atoms. The van der Waals surface area contributed by atoms with Gasteiger partial charge in [-0.05, 0) is 24.3 Å². The number of aliphatic imine (C=N–C) groups is 2. The van der Waals surface area contributed by atoms with E-state index in [4.69, 9.17) is 0 Å². The van der Waals surface area contributed by atoms with Gasteiger partial charge in [-0.15, -0.1) is 11.8 Å². The molecule has 0 saturated carbocycles. The number of aliphatic carboxylic acids is 1. The molecule has 0 bridgehead atoms. The van der Waals surface area contributed by atoms with Gasteiger partial charge in [-0.25, -0.2) is 9.79 Å². The Bertz CT molecular complexity index is 896. The molecule has 2 unspecified atom stereocenters. The fourth-order valence-electron chi connectivity index (χ4n) is 2.97. The smallest absolute Gasteiger partial charge is 0.358 e. The summed E-state index contributed by atoms with van der Waals surface area (Å²) in [6, 6.07) is 15.5. The summed E-state index contributed by atoms with van der Waals surface area (Å²) >= 11 is 1.68. The molecule has 2 aromatic rings. The Balaban J connectivity index is 1.72. The van der Waals surface area contributed by atoms with E-state index in [0.717, 1.165) is 17.0 Å². The van der Waals surface area contributed by atoms with Crippen molar-refractivity contribution in [2.75, 3.05) is 0 Å². The Morgan fingerprint density at radius 2 is 1.96 bits per heavy atom. The van der Waals surface area contributed by atoms with Crippen molar-refractivity contribution in [2.24, 2.45) is 9.98 Å². The zero-order valence-electron chi connectivity index (χ0n) is 13.8. The highest BCUT2D eigenvalue weighted by atomic mass is 32.2. The van der Waals surface area contributed by atoms with Crippen LogP contribution in [0.5, 0.6) is 0 Å². The van der Waals surface area contributed by atoms with E-state index in [-0.39, 0.29) is 17.1 Å². The summed E-state index contributed by atoms with van der Waals surface area (Å²) < 4.78 is 0. The van der Waals surface area contributed by atoms with E-state index >= 15 is 0 Å². The molecule has 1 N–H and O–H groups in total. The van der Waals surface area contributed by atoms with Crippen molar-refractivity contribution >= 4 is 29.3 Å². The molecule has 7 heteroatoms. The van der Waals surface area contributed by atoms with Crippen LogP contribution >= 0.6 is 11.8 Å². The van der Waals surface area contributed by atoms with Crippen LogP contribution in [0, 0.1) is 0 Å². The van der Waals surface area contributed by atoms with Crippen LogP contribution in [-0.2, 0) is 4.79 Å². The van der Waals surface area contributed by atoms with Crippen LogP contribution in [0.15, 0.2) is 82.0 Å². The number of aromatic nitrogens is 1. The predicted octanol–water partition coefficient (Wildman–Crippen LogP) is 3.36. The second kappa shape index (κ2) is 7.13. The van der Waals surface area contributed by atoms with Crippen molar-refractivity contribution in [3.05, 3.63) is 72.8 Å². The highest BCUT2D eigenvalue weighted by molar-refractivity contribution is 8.00. The first-order valence-electron chi connectivity index (χ1n) is 8.19. The highest BCUT2D eigenvalue weighted by Gasteiger charge is 2.36. The Labute approximate surface area is 155 Å². The van der Waals surface area contributed by atoms with Crippen molar-refractivity contribution in [1.29, 1.82) is 0 Å². The van der Waals surface area contributed by atoms with E-state index in [0.29, 0.717) is 5.84 Å². The van der Waals surface area contributed by atoms with Gasteiger partial charge in [0.2, 0.25) is 0 Å². The quantitative estimate of drug-likeness (QED) is 0.900. The minimum Gasteiger partial charge on any atom is -0.476 e. The molecular formula is C19H16N4O2S. The number of pyridine rings is 1. The molecule has 4 rings (SSSR count). The molecule has 3 heterocycles. The average molecular weight is 364 g/mol. The SMILES string of the molecule is O=C(O)C1=NC=CN2C1=NC(c1ccccn1)CC2Sc1ccccc1. The maximum atomic E-state index is 11.6. The molecule has 2 aliphatic rings. The van der Waals surface area contributed by atoms with Crippen LogP contribution < -0.4 is 0 Å². The van der Waals surface area contributed by atoms with Gasteiger partial charge in [0.05, 0.1) is 17.1 Å². The highest BCUT2D eigenvalue weighted by Crippen LogP contribution is 2.38. The lowest BCUT2D eigenvalue weighted by atomic mass is 10.1. The lowest BCUT2D eigenvalue weighted by Gasteiger charge is -2.38. The molecule has 2 aliphatic heterocycles. The number of carboxylic acids is 1. The number of hydrogen-bond acceptors (Lipinski definition) is 6. The fourth-order valence-corrected chi connectivity index (χ4v) is 4.16. The predicted molar refractivity (Wildman–Crippen MR) is 101 cm³/mol. The summed E-state index contributed by atoms with van der Waals surface area (Å²) in [4.78, 5) is 27.7. The normalized spacial score (nSPS) is 21.6. The molecule has 26 heavy (non-hydrogen) atoms. The van der Waals surface area contributed by atoms with Gasteiger partial charge in [-0.1, -0.05) is 24.3 Å². The molecular weight excluding hydrogens is 348 g/mol. The Morgan fingerprint density at radius 3 is 2.69 bits per heavy atom. The van der Waals surface area contributed by atoms with Gasteiger partial charge in [-0.3, -0.25) is 9.98 Å². The molecule has 1 aromatic carbocycles. The van der Waals surface area contributed by atoms with Crippen LogP contribution in [0.2, 0.25) is 0 Å². The second-order valence-electron chi connectivity index (χ2n) is 5.83. The van der Waals surface area contributed by atoms with Gasteiger partial charge in [0.1, 0.15) is 0 Å². The van der Waals surface area contributed by atoms with Crippen LogP contribution in [0.4, 0.5) is 0 Å². The number of thioether (sulfide) groups is 1. The van der Waals surface area contributed by atoms with Crippen molar-refractivity contribution in [2.45, 2.75) is 22.7 Å². The number of fused-ring (bicyclic) bond motifs is 1. The van der Waals surface area contributed by atoms with Crippen LogP contribution in [-0.4, -0.2) is 37.9 Å². The van der Waals surface area contributed by atoms with E-state index in [1.807, 2.05) is 53.4 Å². The zero-order valence-corrected chi connectivity index (χ0v) is 14.6. The first-order valence-corrected chi connectivity index (χ1v) is 9.07. The summed E-state index contributed by atoms with van der Waals surface area (Å²) in [5, 5.41) is 9.51. The van der Waals surface area contributed by atoms with Gasteiger partial charge in [-0.2, -0.15) is 0 Å². The third-order valence-corrected chi connectivity index (χ3v) is 5.38. The maximum absolute atomic E-state index is 11.6. The largest absolute Gasteiger partial charge is 0.476 e. The molecule has 2 atom stereocenters. The molecule has 130 valence electrons. The van der Waals surface area contributed by atoms with Crippen LogP contribution in [0.25, 0.3) is 0 Å². The van der Waals surface area contributed by atoms with Gasteiger partial charge in [0.25, 0.3) is 0 Å². The second-order valence-corrected chi connectivity index (χ2v) is 7.08. The molecule has 0 amide bonds. The van der Waals surface area contributed by atoms with Crippen molar-refractivity contribution in [3.8, 4) is 0 Å². The van der Waals surface area contributed by atoms with E-state index in [9.17, 15) is 9.90 Å². The van der Waals surface area contributed by atoms with E-state index in [1.165, 1.54) is 6.20 Å². The Morgan fingerprint density at radius 1 is 1.15 bits per heavy atom. The molecule has 0 radical (unpaired) electrons. The van der Waals surface area contributed by atoms with Crippen molar-refractivity contribution in [1.82, 2.24) is 9.88 Å². The van der Waals surface area contributed by atoms with Crippen LogP contribution in [0.3, 0.4) is 0 Å². The van der Waals surface area contributed by atoms with Gasteiger partial charge < -0.3 is 10.0 Å². The van der Waals surface area contributed by atoms with E-state index in [2.05, 4.69) is 15.0 Å². The van der Waals surface area contributed by atoms with E-state index < -0.39 is 5.97 Å². The standard InChI is InChI=1S/C19H16N4O2S/c24-19(25)17-18-22-15(14-8-4-5-9-20-14)12-16(23(18)11-10-21-17)26-13-6-2-1-3-7-13/h1-11,15-16H,12H2,(H,24,25). The lowest BCUT2D eigenvalue weighted by molar-refractivity contribution is -0.129. The number of nitrogens with zero attached hydrogens (tertiary/aromatic N) is 4. The van der Waals surface area contributed by atoms with Gasteiger partial charge in [0.15, 0.2) is 11.5 Å². The maximum Gasteiger partial charge on any atom is 0.358 e.